The fraction of sp³-hybridized carbons (Fsp3) is 0.292. The van der Waals surface area contributed by atoms with E-state index in [1.807, 2.05) is 44.4 Å². The Bertz CT molecular complexity index is 1340. The molecule has 6 heteroatoms. The molecule has 5 nitrogen and oxygen atoms in total. The number of nitriles is 1. The Labute approximate surface area is 173 Å². The number of nitrogens with zero attached hydrogens (tertiary/aromatic N) is 4. The summed E-state index contributed by atoms with van der Waals surface area (Å²) >= 11 is 0. The second-order valence-electron chi connectivity index (χ2n) is 7.95. The summed E-state index contributed by atoms with van der Waals surface area (Å²) in [6.45, 7) is 1.02. The van der Waals surface area contributed by atoms with E-state index < -0.39 is 12.3 Å². The van der Waals surface area contributed by atoms with Crippen molar-refractivity contribution >= 4 is 21.8 Å². The van der Waals surface area contributed by atoms with Gasteiger partial charge in [-0.3, -0.25) is 0 Å². The number of aryl methyl sites for hydroxylation is 3. The Morgan fingerprint density at radius 2 is 2.13 bits per heavy atom. The van der Waals surface area contributed by atoms with Gasteiger partial charge < -0.3 is 9.30 Å². The maximum Gasteiger partial charge on any atom is 0.228 e. The molecule has 1 unspecified atom stereocenters. The first-order valence-electron chi connectivity index (χ1n) is 9.99. The molecule has 1 atom stereocenters. The molecule has 0 amide bonds. The van der Waals surface area contributed by atoms with Gasteiger partial charge in [-0.2, -0.15) is 5.26 Å². The minimum Gasteiger partial charge on any atom is -0.463 e. The molecule has 0 saturated carbocycles. The fourth-order valence-electron chi connectivity index (χ4n) is 4.83. The highest BCUT2D eigenvalue weighted by Gasteiger charge is 2.39. The first-order valence-corrected chi connectivity index (χ1v) is 9.99. The summed E-state index contributed by atoms with van der Waals surface area (Å²) in [7, 11) is 2.01. The first-order chi connectivity index (χ1) is 14.6. The Morgan fingerprint density at radius 1 is 1.27 bits per heavy atom. The van der Waals surface area contributed by atoms with Gasteiger partial charge in [0.25, 0.3) is 0 Å². The van der Waals surface area contributed by atoms with E-state index in [2.05, 4.69) is 26.7 Å². The van der Waals surface area contributed by atoms with Gasteiger partial charge in [0.05, 0.1) is 11.5 Å². The van der Waals surface area contributed by atoms with E-state index in [0.29, 0.717) is 18.6 Å². The van der Waals surface area contributed by atoms with Crippen LogP contribution in [0.1, 0.15) is 29.1 Å². The predicted molar refractivity (Wildman–Crippen MR) is 113 cm³/mol. The summed E-state index contributed by atoms with van der Waals surface area (Å²) in [4.78, 5) is 8.94. The number of halogens is 1. The molecule has 0 N–H and O–H groups in total. The highest BCUT2D eigenvalue weighted by molar-refractivity contribution is 6.10. The molecular formula is C24H21FN4O. The quantitative estimate of drug-likeness (QED) is 0.501. The van der Waals surface area contributed by atoms with Crippen LogP contribution in [0.15, 0.2) is 42.6 Å². The molecular weight excluding hydrogens is 379 g/mol. The average molecular weight is 400 g/mol. The monoisotopic (exact) mass is 400 g/mol. The zero-order valence-corrected chi connectivity index (χ0v) is 16.9. The average Bonchev–Trinajstić information content (AvgIpc) is 3.05. The van der Waals surface area contributed by atoms with Crippen LogP contribution < -0.4 is 4.74 Å². The van der Waals surface area contributed by atoms with Crippen molar-refractivity contribution < 1.29 is 9.13 Å². The van der Waals surface area contributed by atoms with Crippen molar-refractivity contribution in [2.24, 2.45) is 7.05 Å². The van der Waals surface area contributed by atoms with Crippen molar-refractivity contribution in [3.63, 3.8) is 0 Å². The van der Waals surface area contributed by atoms with E-state index in [-0.39, 0.29) is 0 Å². The van der Waals surface area contributed by atoms with Crippen molar-refractivity contribution in [3.05, 3.63) is 65.2 Å². The lowest BCUT2D eigenvalue weighted by molar-refractivity contribution is 0.192. The van der Waals surface area contributed by atoms with Crippen LogP contribution in [-0.2, 0) is 25.3 Å². The molecule has 0 fully saturated rings. The Balaban J connectivity index is 1.76. The molecule has 0 aliphatic heterocycles. The lowest BCUT2D eigenvalue weighted by Gasteiger charge is -2.32. The van der Waals surface area contributed by atoms with Crippen LogP contribution in [0.2, 0.25) is 0 Å². The zero-order chi connectivity index (χ0) is 20.9. The van der Waals surface area contributed by atoms with Crippen molar-refractivity contribution in [1.29, 1.82) is 5.26 Å². The van der Waals surface area contributed by atoms with Crippen molar-refractivity contribution in [2.45, 2.75) is 31.6 Å². The first kappa shape index (κ1) is 18.6. The number of benzene rings is 2. The van der Waals surface area contributed by atoms with Crippen LogP contribution in [-0.4, -0.2) is 21.4 Å². The summed E-state index contributed by atoms with van der Waals surface area (Å²) < 4.78 is 20.0. The third kappa shape index (κ3) is 2.66. The smallest absolute Gasteiger partial charge is 0.228 e. The van der Waals surface area contributed by atoms with Gasteiger partial charge in [-0.15, -0.1) is 0 Å². The van der Waals surface area contributed by atoms with Crippen LogP contribution in [0.3, 0.4) is 0 Å². The second kappa shape index (κ2) is 6.81. The minimum atomic E-state index is -0.874. The van der Waals surface area contributed by atoms with Gasteiger partial charge in [-0.1, -0.05) is 12.1 Å². The summed E-state index contributed by atoms with van der Waals surface area (Å²) in [6.07, 6.45) is 3.88. The minimum absolute atomic E-state index is 0.483. The van der Waals surface area contributed by atoms with Crippen molar-refractivity contribution in [1.82, 2.24) is 14.5 Å². The standard InChI is InChI=1S/C24H21FN4O/c1-15-27-12-16-11-24(13-26,9-8-20(16)28-15)19-4-3-5-22-23(19)18-10-17(30-14-25)6-7-21(18)29(22)2/h3-7,10,12H,8-9,11,14H2,1-2H3. The summed E-state index contributed by atoms with van der Waals surface area (Å²) in [5.41, 5.74) is 4.46. The van der Waals surface area contributed by atoms with Crippen molar-refractivity contribution in [3.8, 4) is 11.8 Å². The Hall–Kier alpha value is -3.46. The van der Waals surface area contributed by atoms with Crippen LogP contribution in [0, 0.1) is 18.3 Å². The maximum atomic E-state index is 12.8. The van der Waals surface area contributed by atoms with Gasteiger partial charge in [0, 0.05) is 40.7 Å². The molecule has 1 aliphatic carbocycles. The van der Waals surface area contributed by atoms with Gasteiger partial charge in [0.15, 0.2) is 0 Å². The number of fused-ring (bicyclic) bond motifs is 4. The molecule has 2 aromatic carbocycles. The maximum absolute atomic E-state index is 12.8. The molecule has 0 saturated heterocycles. The van der Waals surface area contributed by atoms with Gasteiger partial charge in [-0.05, 0) is 61.6 Å². The molecule has 30 heavy (non-hydrogen) atoms. The number of aromatic nitrogens is 3. The van der Waals surface area contributed by atoms with Crippen LogP contribution >= 0.6 is 0 Å². The molecule has 2 heterocycles. The van der Waals surface area contributed by atoms with E-state index >= 15 is 0 Å². The van der Waals surface area contributed by atoms with Crippen LogP contribution in [0.4, 0.5) is 4.39 Å². The summed E-state index contributed by atoms with van der Waals surface area (Å²) in [5.74, 6) is 1.24. The number of hydrogen-bond acceptors (Lipinski definition) is 4. The molecule has 2 aromatic heterocycles. The van der Waals surface area contributed by atoms with Crippen molar-refractivity contribution in [2.75, 3.05) is 6.86 Å². The molecule has 0 bridgehead atoms. The lowest BCUT2D eigenvalue weighted by Crippen LogP contribution is -2.33. The number of ether oxygens (including phenoxy) is 1. The number of hydrogen-bond donors (Lipinski definition) is 0. The normalized spacial score (nSPS) is 18.3. The Morgan fingerprint density at radius 3 is 2.93 bits per heavy atom. The molecule has 5 rings (SSSR count). The lowest BCUT2D eigenvalue weighted by atomic mass is 9.68. The van der Waals surface area contributed by atoms with E-state index in [4.69, 9.17) is 4.74 Å². The second-order valence-corrected chi connectivity index (χ2v) is 7.95. The van der Waals surface area contributed by atoms with E-state index in [0.717, 1.165) is 50.9 Å². The van der Waals surface area contributed by atoms with Gasteiger partial charge in [0.1, 0.15) is 11.6 Å². The van der Waals surface area contributed by atoms with Gasteiger partial charge in [-0.25, -0.2) is 14.4 Å². The number of alkyl halides is 1. The Kier molecular flexibility index (Phi) is 4.21. The molecule has 4 aromatic rings. The summed E-state index contributed by atoms with van der Waals surface area (Å²) in [5, 5.41) is 12.4. The van der Waals surface area contributed by atoms with Crippen LogP contribution in [0.5, 0.6) is 5.75 Å². The van der Waals surface area contributed by atoms with Gasteiger partial charge in [0.2, 0.25) is 6.86 Å². The molecule has 1 aliphatic rings. The number of rotatable bonds is 3. The van der Waals surface area contributed by atoms with E-state index in [9.17, 15) is 9.65 Å². The topological polar surface area (TPSA) is 63.7 Å². The highest BCUT2D eigenvalue weighted by atomic mass is 19.1. The fourth-order valence-corrected chi connectivity index (χ4v) is 4.83. The molecule has 0 radical (unpaired) electrons. The SMILES string of the molecule is Cc1ncc2c(n1)CCC(C#N)(c1cccc3c1c1cc(OCF)ccc1n3C)C2. The highest BCUT2D eigenvalue weighted by Crippen LogP contribution is 2.43. The van der Waals surface area contributed by atoms with E-state index in [1.165, 1.54) is 0 Å². The molecule has 150 valence electrons. The largest absolute Gasteiger partial charge is 0.463 e. The third-order valence-corrected chi connectivity index (χ3v) is 6.31. The zero-order valence-electron chi connectivity index (χ0n) is 16.9. The summed E-state index contributed by atoms with van der Waals surface area (Å²) in [6, 6.07) is 14.3. The predicted octanol–water partition coefficient (Wildman–Crippen LogP) is 4.69. The van der Waals surface area contributed by atoms with E-state index in [1.54, 1.807) is 6.07 Å². The third-order valence-electron chi connectivity index (χ3n) is 6.31. The van der Waals surface area contributed by atoms with Gasteiger partial charge >= 0.3 is 0 Å². The van der Waals surface area contributed by atoms with Crippen LogP contribution in [0.25, 0.3) is 21.8 Å². The molecule has 0 spiro atoms.